The van der Waals surface area contributed by atoms with Gasteiger partial charge in [0.2, 0.25) is 0 Å². The van der Waals surface area contributed by atoms with E-state index >= 15 is 0 Å². The van der Waals surface area contributed by atoms with Gasteiger partial charge in [0.15, 0.2) is 0 Å². The minimum Gasteiger partial charge on any atom is -0.493 e. The van der Waals surface area contributed by atoms with Crippen molar-refractivity contribution < 1.29 is 14.3 Å². The summed E-state index contributed by atoms with van der Waals surface area (Å²) in [6.45, 7) is 4.54. The van der Waals surface area contributed by atoms with Crippen molar-refractivity contribution in [2.75, 3.05) is 19.8 Å². The highest BCUT2D eigenvalue weighted by Crippen LogP contribution is 2.22. The van der Waals surface area contributed by atoms with Gasteiger partial charge in [-0.15, -0.1) is 11.3 Å². The van der Waals surface area contributed by atoms with E-state index in [9.17, 15) is 4.79 Å². The minimum absolute atomic E-state index is 0.0821. The van der Waals surface area contributed by atoms with Crippen molar-refractivity contribution in [3.8, 4) is 5.75 Å². The number of pyridine rings is 1. The van der Waals surface area contributed by atoms with Crippen LogP contribution in [0.25, 0.3) is 0 Å². The minimum atomic E-state index is 0.0821. The van der Waals surface area contributed by atoms with Crippen LogP contribution in [0.1, 0.15) is 39.3 Å². The molecule has 1 aromatic carbocycles. The summed E-state index contributed by atoms with van der Waals surface area (Å²) < 4.78 is 11.7. The molecule has 1 aliphatic heterocycles. The summed E-state index contributed by atoms with van der Waals surface area (Å²) in [6, 6.07) is 15.9. The van der Waals surface area contributed by atoms with Crippen LogP contribution in [0.4, 0.5) is 0 Å². The van der Waals surface area contributed by atoms with Gasteiger partial charge in [-0.1, -0.05) is 18.2 Å². The van der Waals surface area contributed by atoms with Crippen molar-refractivity contribution in [1.82, 2.24) is 9.88 Å². The van der Waals surface area contributed by atoms with Crippen molar-refractivity contribution in [2.24, 2.45) is 0 Å². The van der Waals surface area contributed by atoms with Crippen LogP contribution in [0, 0.1) is 6.92 Å². The zero-order valence-corrected chi connectivity index (χ0v) is 18.6. The molecule has 1 aliphatic rings. The third kappa shape index (κ3) is 5.93. The van der Waals surface area contributed by atoms with E-state index in [1.54, 1.807) is 6.20 Å². The lowest BCUT2D eigenvalue weighted by Crippen LogP contribution is -2.36. The number of carbonyl (C=O) groups is 1. The Morgan fingerprint density at radius 1 is 1.23 bits per heavy atom. The predicted molar refractivity (Wildman–Crippen MR) is 123 cm³/mol. The van der Waals surface area contributed by atoms with Crippen molar-refractivity contribution in [2.45, 2.75) is 38.8 Å². The quantitative estimate of drug-likeness (QED) is 0.479. The maximum absolute atomic E-state index is 13.2. The van der Waals surface area contributed by atoms with E-state index in [0.29, 0.717) is 19.7 Å². The molecule has 0 unspecified atom stereocenters. The highest BCUT2D eigenvalue weighted by molar-refractivity contribution is 7.12. The zero-order valence-electron chi connectivity index (χ0n) is 17.8. The molecule has 1 atom stereocenters. The van der Waals surface area contributed by atoms with E-state index in [-0.39, 0.29) is 12.0 Å². The molecule has 3 heterocycles. The Morgan fingerprint density at radius 2 is 2.10 bits per heavy atom. The molecule has 1 fully saturated rings. The van der Waals surface area contributed by atoms with Gasteiger partial charge in [-0.25, -0.2) is 0 Å². The molecule has 0 N–H and O–H groups in total. The first-order valence-corrected chi connectivity index (χ1v) is 11.6. The summed E-state index contributed by atoms with van der Waals surface area (Å²) in [7, 11) is 0. The van der Waals surface area contributed by atoms with E-state index in [2.05, 4.69) is 4.98 Å². The topological polar surface area (TPSA) is 51.7 Å². The smallest absolute Gasteiger partial charge is 0.264 e. The fraction of sp³-hybridized carbons (Fsp3) is 0.360. The molecule has 4 rings (SSSR count). The number of nitrogens with zero attached hydrogens (tertiary/aromatic N) is 2. The Bertz CT molecular complexity index is 966. The second-order valence-corrected chi connectivity index (χ2v) is 8.73. The van der Waals surface area contributed by atoms with Crippen molar-refractivity contribution in [3.05, 3.63) is 81.8 Å². The van der Waals surface area contributed by atoms with E-state index in [1.165, 1.54) is 11.3 Å². The number of hydrogen-bond donors (Lipinski definition) is 0. The molecule has 1 amide bonds. The van der Waals surface area contributed by atoms with E-state index < -0.39 is 0 Å². The SMILES string of the molecule is Cc1ccsc1C(=O)N(Cc1ccc(OCCc2ccccn2)cc1)C[C@H]1CCCO1. The number of ether oxygens (including phenoxy) is 2. The van der Waals surface area contributed by atoms with Gasteiger partial charge in [0.1, 0.15) is 5.75 Å². The Balaban J connectivity index is 1.37. The number of thiophene rings is 1. The monoisotopic (exact) mass is 436 g/mol. The molecule has 0 radical (unpaired) electrons. The number of carbonyl (C=O) groups excluding carboxylic acids is 1. The molecule has 31 heavy (non-hydrogen) atoms. The van der Waals surface area contributed by atoms with Crippen LogP contribution >= 0.6 is 11.3 Å². The number of hydrogen-bond acceptors (Lipinski definition) is 5. The Morgan fingerprint density at radius 3 is 2.77 bits per heavy atom. The molecule has 0 spiro atoms. The standard InChI is InChI=1S/C25H28N2O3S/c1-19-12-16-31-24(19)25(28)27(18-23-6-4-14-29-23)17-20-7-9-22(10-8-20)30-15-11-21-5-2-3-13-26-21/h2-3,5,7-10,12-13,16,23H,4,6,11,14-15,17-18H2,1H3/t23-/m1/s1. The van der Waals surface area contributed by atoms with Gasteiger partial charge in [-0.05, 0) is 66.6 Å². The number of amides is 1. The van der Waals surface area contributed by atoms with Gasteiger partial charge < -0.3 is 14.4 Å². The van der Waals surface area contributed by atoms with E-state index in [0.717, 1.165) is 53.3 Å². The van der Waals surface area contributed by atoms with Gasteiger partial charge in [0.25, 0.3) is 5.91 Å². The highest BCUT2D eigenvalue weighted by atomic mass is 32.1. The molecule has 0 bridgehead atoms. The number of aromatic nitrogens is 1. The maximum atomic E-state index is 13.2. The molecular weight excluding hydrogens is 408 g/mol. The Hall–Kier alpha value is -2.70. The summed E-state index contributed by atoms with van der Waals surface area (Å²) in [5.74, 6) is 0.907. The molecule has 0 aliphatic carbocycles. The molecule has 3 aromatic rings. The van der Waals surface area contributed by atoms with Crippen LogP contribution in [-0.4, -0.2) is 41.7 Å². The maximum Gasteiger partial charge on any atom is 0.264 e. The van der Waals surface area contributed by atoms with Crippen LogP contribution in [0.15, 0.2) is 60.1 Å². The lowest BCUT2D eigenvalue weighted by Gasteiger charge is -2.25. The molecular formula is C25H28N2O3S. The summed E-state index contributed by atoms with van der Waals surface area (Å²) >= 11 is 1.51. The van der Waals surface area contributed by atoms with Gasteiger partial charge >= 0.3 is 0 Å². The summed E-state index contributed by atoms with van der Waals surface area (Å²) in [5.41, 5.74) is 3.13. The van der Waals surface area contributed by atoms with Gasteiger partial charge in [0.05, 0.1) is 17.6 Å². The molecule has 162 valence electrons. The average molecular weight is 437 g/mol. The molecule has 1 saturated heterocycles. The second kappa shape index (κ2) is 10.6. The van der Waals surface area contributed by atoms with Crippen LogP contribution in [0.5, 0.6) is 5.75 Å². The summed E-state index contributed by atoms with van der Waals surface area (Å²) in [6.07, 6.45) is 4.77. The lowest BCUT2D eigenvalue weighted by atomic mass is 10.1. The fourth-order valence-corrected chi connectivity index (χ4v) is 4.61. The first-order valence-electron chi connectivity index (χ1n) is 10.8. The van der Waals surface area contributed by atoms with Gasteiger partial charge in [0, 0.05) is 38.0 Å². The molecule has 5 nitrogen and oxygen atoms in total. The third-order valence-corrected chi connectivity index (χ3v) is 6.45. The third-order valence-electron chi connectivity index (χ3n) is 5.44. The first kappa shape index (κ1) is 21.5. The summed E-state index contributed by atoms with van der Waals surface area (Å²) in [5, 5.41) is 1.98. The van der Waals surface area contributed by atoms with Crippen LogP contribution in [0.3, 0.4) is 0 Å². The molecule has 0 saturated carbocycles. The predicted octanol–water partition coefficient (Wildman–Crippen LogP) is 4.89. The second-order valence-electron chi connectivity index (χ2n) is 7.82. The fourth-order valence-electron chi connectivity index (χ4n) is 3.72. The Labute approximate surface area is 187 Å². The summed E-state index contributed by atoms with van der Waals surface area (Å²) in [4.78, 5) is 20.3. The van der Waals surface area contributed by atoms with Crippen molar-refractivity contribution in [1.29, 1.82) is 0 Å². The first-order chi connectivity index (χ1) is 15.2. The van der Waals surface area contributed by atoms with Crippen LogP contribution < -0.4 is 4.74 Å². The van der Waals surface area contributed by atoms with Crippen LogP contribution in [0.2, 0.25) is 0 Å². The lowest BCUT2D eigenvalue weighted by molar-refractivity contribution is 0.0510. The van der Waals surface area contributed by atoms with Crippen LogP contribution in [-0.2, 0) is 17.7 Å². The van der Waals surface area contributed by atoms with Crippen molar-refractivity contribution in [3.63, 3.8) is 0 Å². The van der Waals surface area contributed by atoms with Gasteiger partial charge in [-0.3, -0.25) is 9.78 Å². The average Bonchev–Trinajstić information content (AvgIpc) is 3.46. The molecule has 6 heteroatoms. The van der Waals surface area contributed by atoms with Gasteiger partial charge in [-0.2, -0.15) is 0 Å². The van der Waals surface area contributed by atoms with E-state index in [1.807, 2.05) is 65.7 Å². The normalized spacial score (nSPS) is 15.7. The largest absolute Gasteiger partial charge is 0.493 e. The number of benzene rings is 1. The number of aryl methyl sites for hydroxylation is 1. The highest BCUT2D eigenvalue weighted by Gasteiger charge is 2.25. The Kier molecular flexibility index (Phi) is 7.33. The van der Waals surface area contributed by atoms with Crippen molar-refractivity contribution >= 4 is 17.2 Å². The van der Waals surface area contributed by atoms with E-state index in [4.69, 9.17) is 9.47 Å². The molecule has 2 aromatic heterocycles. The number of rotatable bonds is 9. The zero-order chi connectivity index (χ0) is 21.5.